The molecule has 0 spiro atoms. The van der Waals surface area contributed by atoms with Gasteiger partial charge in [-0.1, -0.05) is 0 Å². The fourth-order valence-electron chi connectivity index (χ4n) is 2.19. The Morgan fingerprint density at radius 2 is 2.19 bits per heavy atom. The summed E-state index contributed by atoms with van der Waals surface area (Å²) in [5.74, 6) is -0.312. The maximum Gasteiger partial charge on any atom is 0.521 e. The second-order valence-corrected chi connectivity index (χ2v) is 5.27. The highest BCUT2D eigenvalue weighted by atomic mass is 35.5. The molecule has 2 amide bonds. The van der Waals surface area contributed by atoms with Crippen LogP contribution in [0, 0.1) is 5.92 Å². The molecule has 1 unspecified atom stereocenters. The summed E-state index contributed by atoms with van der Waals surface area (Å²) in [4.78, 5) is 23.6. The standard InChI is InChI=1S/C10H16ClNO3S/c1-6(5-16)9(13)12(10(14)15)4-3-8(11)7(12)2/h6-8H,3-5H2,1-2H3,(H-,14,15,16)/p+1/t6?,7-,8+,12-/m1/s1. The molecule has 1 aliphatic rings. The number of carbonyl (C=O) groups excluding carboxylic acids is 1. The summed E-state index contributed by atoms with van der Waals surface area (Å²) in [6.45, 7) is 3.70. The van der Waals surface area contributed by atoms with Gasteiger partial charge in [-0.2, -0.15) is 21.9 Å². The van der Waals surface area contributed by atoms with E-state index in [9.17, 15) is 14.7 Å². The lowest BCUT2D eigenvalue weighted by Crippen LogP contribution is -2.61. The van der Waals surface area contributed by atoms with Gasteiger partial charge in [-0.3, -0.25) is 0 Å². The minimum atomic E-state index is -1.10. The zero-order chi connectivity index (χ0) is 12.5. The molecular weight excluding hydrogens is 250 g/mol. The summed E-state index contributed by atoms with van der Waals surface area (Å²) >= 11 is 10.1. The van der Waals surface area contributed by atoms with Gasteiger partial charge in [0, 0.05) is 12.2 Å². The number of carbonyl (C=O) groups is 2. The van der Waals surface area contributed by atoms with Crippen LogP contribution in [0.5, 0.6) is 0 Å². The number of alkyl halides is 1. The highest BCUT2D eigenvalue weighted by molar-refractivity contribution is 7.80. The quantitative estimate of drug-likeness (QED) is 0.456. The lowest BCUT2D eigenvalue weighted by atomic mass is 10.1. The molecule has 1 heterocycles. The molecule has 1 fully saturated rings. The van der Waals surface area contributed by atoms with Crippen molar-refractivity contribution in [1.82, 2.24) is 0 Å². The van der Waals surface area contributed by atoms with Crippen molar-refractivity contribution in [1.29, 1.82) is 0 Å². The van der Waals surface area contributed by atoms with Crippen molar-refractivity contribution >= 4 is 36.2 Å². The van der Waals surface area contributed by atoms with Gasteiger partial charge in [0.2, 0.25) is 0 Å². The van der Waals surface area contributed by atoms with Crippen molar-refractivity contribution in [3.63, 3.8) is 0 Å². The average molecular weight is 267 g/mol. The predicted molar refractivity (Wildman–Crippen MR) is 64.9 cm³/mol. The molecule has 1 saturated heterocycles. The second kappa shape index (κ2) is 4.94. The van der Waals surface area contributed by atoms with E-state index in [4.69, 9.17) is 11.6 Å². The Bertz CT molecular complexity index is 312. The van der Waals surface area contributed by atoms with Crippen LogP contribution < -0.4 is 0 Å². The smallest absolute Gasteiger partial charge is 0.435 e. The van der Waals surface area contributed by atoms with Crippen LogP contribution in [0.2, 0.25) is 0 Å². The number of amides is 2. The summed E-state index contributed by atoms with van der Waals surface area (Å²) in [6, 6.07) is -0.381. The Balaban J connectivity index is 3.08. The Morgan fingerprint density at radius 3 is 2.50 bits per heavy atom. The van der Waals surface area contributed by atoms with E-state index in [2.05, 4.69) is 12.6 Å². The fourth-order valence-corrected chi connectivity index (χ4v) is 2.64. The third-order valence-electron chi connectivity index (χ3n) is 3.41. The van der Waals surface area contributed by atoms with Crippen molar-refractivity contribution in [2.24, 2.45) is 5.92 Å². The van der Waals surface area contributed by atoms with Gasteiger partial charge in [0.1, 0.15) is 6.04 Å². The van der Waals surface area contributed by atoms with Crippen molar-refractivity contribution < 1.29 is 19.2 Å². The van der Waals surface area contributed by atoms with Crippen molar-refractivity contribution in [3.8, 4) is 0 Å². The van der Waals surface area contributed by atoms with Crippen LogP contribution in [-0.2, 0) is 4.79 Å². The monoisotopic (exact) mass is 266 g/mol. The third kappa shape index (κ3) is 1.96. The van der Waals surface area contributed by atoms with Crippen LogP contribution >= 0.6 is 24.2 Å². The Kier molecular flexibility index (Phi) is 4.26. The topological polar surface area (TPSA) is 54.4 Å². The molecule has 1 aliphatic heterocycles. The number of imide groups is 1. The highest BCUT2D eigenvalue weighted by Gasteiger charge is 2.57. The van der Waals surface area contributed by atoms with Crippen LogP contribution in [0.4, 0.5) is 4.79 Å². The zero-order valence-electron chi connectivity index (χ0n) is 9.39. The summed E-state index contributed by atoms with van der Waals surface area (Å²) in [5, 5.41) is 9.08. The lowest BCUT2D eigenvalue weighted by Gasteiger charge is -2.32. The Hall–Kier alpha value is -0.260. The summed E-state index contributed by atoms with van der Waals surface area (Å²) in [6.07, 6.45) is -0.547. The van der Waals surface area contributed by atoms with Gasteiger partial charge in [-0.05, 0) is 13.8 Å². The zero-order valence-corrected chi connectivity index (χ0v) is 11.0. The Labute approximate surface area is 106 Å². The van der Waals surface area contributed by atoms with Crippen molar-refractivity contribution in [2.45, 2.75) is 31.7 Å². The Morgan fingerprint density at radius 1 is 1.62 bits per heavy atom. The molecule has 0 aromatic heterocycles. The van der Waals surface area contributed by atoms with Gasteiger partial charge in [0.25, 0.3) is 0 Å². The minimum absolute atomic E-state index is 0.257. The fraction of sp³-hybridized carbons (Fsp3) is 0.800. The van der Waals surface area contributed by atoms with Crippen LogP contribution in [0.15, 0.2) is 0 Å². The number of halogens is 1. The summed E-state index contributed by atoms with van der Waals surface area (Å²) in [5.41, 5.74) is 0. The van der Waals surface area contributed by atoms with E-state index >= 15 is 0 Å². The maximum absolute atomic E-state index is 12.2. The number of rotatable bonds is 2. The van der Waals surface area contributed by atoms with E-state index in [1.165, 1.54) is 0 Å². The number of nitrogens with zero attached hydrogens (tertiary/aromatic N) is 1. The van der Waals surface area contributed by atoms with Crippen molar-refractivity contribution in [3.05, 3.63) is 0 Å². The molecule has 0 radical (unpaired) electrons. The first-order chi connectivity index (χ1) is 7.37. The maximum atomic E-state index is 12.2. The lowest BCUT2D eigenvalue weighted by molar-refractivity contribution is -0.793. The molecule has 6 heteroatoms. The van der Waals surface area contributed by atoms with Gasteiger partial charge >= 0.3 is 12.0 Å². The van der Waals surface area contributed by atoms with Crippen LogP contribution in [-0.4, -0.2) is 45.3 Å². The highest BCUT2D eigenvalue weighted by Crippen LogP contribution is 2.33. The first kappa shape index (κ1) is 13.8. The molecule has 0 aromatic carbocycles. The number of carboxylic acid groups (broad SMARTS) is 1. The SMILES string of the molecule is CC(CS)C(=O)[N@@+]1(C(=O)O)CC[C@H](Cl)[C@H]1C. The predicted octanol–water partition coefficient (Wildman–Crippen LogP) is 1.97. The van der Waals surface area contributed by atoms with E-state index in [0.29, 0.717) is 12.2 Å². The van der Waals surface area contributed by atoms with E-state index in [-0.39, 0.29) is 29.8 Å². The van der Waals surface area contributed by atoms with E-state index in [1.807, 2.05) is 0 Å². The molecule has 0 aromatic rings. The van der Waals surface area contributed by atoms with E-state index < -0.39 is 10.6 Å². The third-order valence-corrected chi connectivity index (χ3v) is 4.54. The van der Waals surface area contributed by atoms with Gasteiger partial charge in [-0.25, -0.2) is 4.79 Å². The summed E-state index contributed by atoms with van der Waals surface area (Å²) in [7, 11) is 0. The molecule has 0 saturated carbocycles. The number of likely N-dealkylation sites (tertiary alicyclic amines) is 1. The minimum Gasteiger partial charge on any atom is -0.435 e. The van der Waals surface area contributed by atoms with Crippen LogP contribution in [0.3, 0.4) is 0 Å². The molecule has 0 bridgehead atoms. The van der Waals surface area contributed by atoms with Gasteiger partial charge < -0.3 is 5.11 Å². The molecule has 1 N–H and O–H groups in total. The first-order valence-corrected chi connectivity index (χ1v) is 6.35. The molecule has 92 valence electrons. The van der Waals surface area contributed by atoms with Gasteiger partial charge in [0.05, 0.1) is 17.8 Å². The van der Waals surface area contributed by atoms with Crippen LogP contribution in [0.1, 0.15) is 20.3 Å². The van der Waals surface area contributed by atoms with Gasteiger partial charge in [0.15, 0.2) is 0 Å². The summed E-state index contributed by atoms with van der Waals surface area (Å²) < 4.78 is -0.546. The molecule has 0 aliphatic carbocycles. The van der Waals surface area contributed by atoms with E-state index in [0.717, 1.165) is 0 Å². The molecule has 1 rings (SSSR count). The number of hydrogen-bond acceptors (Lipinski definition) is 3. The molecule has 4 nitrogen and oxygen atoms in total. The number of thiol groups is 1. The number of quaternary nitrogens is 1. The van der Waals surface area contributed by atoms with E-state index in [1.54, 1.807) is 13.8 Å². The molecular formula is C10H17ClNO3S+. The second-order valence-electron chi connectivity index (χ2n) is 4.34. The number of hydrogen-bond donors (Lipinski definition) is 2. The van der Waals surface area contributed by atoms with Crippen LogP contribution in [0.25, 0.3) is 0 Å². The molecule has 4 atom stereocenters. The first-order valence-electron chi connectivity index (χ1n) is 5.28. The van der Waals surface area contributed by atoms with Crippen molar-refractivity contribution in [2.75, 3.05) is 12.3 Å². The normalized spacial score (nSPS) is 36.0. The molecule has 16 heavy (non-hydrogen) atoms. The largest absolute Gasteiger partial charge is 0.521 e. The average Bonchev–Trinajstić information content (AvgIpc) is 2.55. The van der Waals surface area contributed by atoms with Gasteiger partial charge in [-0.15, -0.1) is 11.6 Å².